The highest BCUT2D eigenvalue weighted by Gasteiger charge is 2.23. The van der Waals surface area contributed by atoms with Crippen LogP contribution in [-0.4, -0.2) is 19.3 Å². The molecule has 2 N–H and O–H groups in total. The molecule has 4 nitrogen and oxygen atoms in total. The molecule has 0 saturated carbocycles. The van der Waals surface area contributed by atoms with E-state index in [1.54, 1.807) is 0 Å². The molecular formula is C5H11NO3P+. The quantitative estimate of drug-likeness (QED) is 0.538. The van der Waals surface area contributed by atoms with Gasteiger partial charge in [0.1, 0.15) is 13.2 Å². The van der Waals surface area contributed by atoms with Crippen molar-refractivity contribution in [1.29, 1.82) is 0 Å². The van der Waals surface area contributed by atoms with Crippen LogP contribution in [0.25, 0.3) is 0 Å². The average molecular weight is 164 g/mol. The van der Waals surface area contributed by atoms with Crippen molar-refractivity contribution in [3.63, 3.8) is 0 Å². The minimum atomic E-state index is -1.86. The van der Waals surface area contributed by atoms with Gasteiger partial charge in [-0.1, -0.05) is 0 Å². The van der Waals surface area contributed by atoms with Crippen LogP contribution in [0, 0.1) is 0 Å². The summed E-state index contributed by atoms with van der Waals surface area (Å²) in [5.41, 5.74) is 5.59. The summed E-state index contributed by atoms with van der Waals surface area (Å²) < 4.78 is 20.1. The molecular weight excluding hydrogens is 153 g/mol. The Balaban J connectivity index is 2.27. The molecule has 0 atom stereocenters. The van der Waals surface area contributed by atoms with Crippen LogP contribution >= 0.6 is 8.25 Å². The molecule has 1 aliphatic heterocycles. The zero-order valence-electron chi connectivity index (χ0n) is 5.66. The molecule has 0 bridgehead atoms. The van der Waals surface area contributed by atoms with Gasteiger partial charge in [-0.3, -0.25) is 0 Å². The lowest BCUT2D eigenvalue weighted by atomic mass is 10.2. The predicted molar refractivity (Wildman–Crippen MR) is 36.7 cm³/mol. The molecule has 0 amide bonds. The van der Waals surface area contributed by atoms with Crippen molar-refractivity contribution in [2.24, 2.45) is 5.73 Å². The van der Waals surface area contributed by atoms with E-state index in [1.807, 2.05) is 0 Å². The van der Waals surface area contributed by atoms with Crippen LogP contribution in [0.15, 0.2) is 0 Å². The zero-order valence-corrected chi connectivity index (χ0v) is 6.55. The Morgan fingerprint density at radius 1 is 1.30 bits per heavy atom. The van der Waals surface area contributed by atoms with Gasteiger partial charge in [0.25, 0.3) is 0 Å². The molecule has 0 aromatic carbocycles. The fourth-order valence-electron chi connectivity index (χ4n) is 0.739. The molecule has 0 aliphatic carbocycles. The van der Waals surface area contributed by atoms with E-state index in [0.717, 1.165) is 12.8 Å². The lowest BCUT2D eigenvalue weighted by molar-refractivity contribution is 0.189. The largest absolute Gasteiger partial charge is 0.697 e. The van der Waals surface area contributed by atoms with Gasteiger partial charge >= 0.3 is 8.25 Å². The van der Waals surface area contributed by atoms with Gasteiger partial charge in [-0.05, 0) is 12.8 Å². The van der Waals surface area contributed by atoms with Gasteiger partial charge < -0.3 is 5.73 Å². The van der Waals surface area contributed by atoms with E-state index in [2.05, 4.69) is 0 Å². The monoisotopic (exact) mass is 164 g/mol. The summed E-state index contributed by atoms with van der Waals surface area (Å²) in [7, 11) is -1.86. The summed E-state index contributed by atoms with van der Waals surface area (Å²) in [6.07, 6.45) is 1.54. The first-order valence-electron chi connectivity index (χ1n) is 3.27. The van der Waals surface area contributed by atoms with Crippen LogP contribution < -0.4 is 5.73 Å². The second kappa shape index (κ2) is 3.98. The van der Waals surface area contributed by atoms with Crippen molar-refractivity contribution in [2.75, 3.05) is 13.2 Å². The fraction of sp³-hybridized carbons (Fsp3) is 1.00. The standard InChI is InChI=1S/C5H11NO3P/c6-5-1-3-8-10(7)9-4-2-5/h5H,1-4,6H2/q+1. The Hall–Kier alpha value is -0.0200. The number of nitrogens with two attached hydrogens (primary N) is 1. The first kappa shape index (κ1) is 8.08. The van der Waals surface area contributed by atoms with Crippen LogP contribution in [0.2, 0.25) is 0 Å². The molecule has 0 spiro atoms. The first-order valence-corrected chi connectivity index (χ1v) is 4.37. The highest BCUT2D eigenvalue weighted by atomic mass is 31.1. The summed E-state index contributed by atoms with van der Waals surface area (Å²) in [5, 5.41) is 0. The third-order valence-electron chi connectivity index (χ3n) is 1.37. The molecule has 0 radical (unpaired) electrons. The van der Waals surface area contributed by atoms with E-state index >= 15 is 0 Å². The normalized spacial score (nSPS) is 32.9. The highest BCUT2D eigenvalue weighted by Crippen LogP contribution is 2.26. The molecule has 5 heteroatoms. The smallest absolute Gasteiger partial charge is 0.328 e. The number of hydrogen-bond donors (Lipinski definition) is 1. The molecule has 1 fully saturated rings. The third-order valence-corrected chi connectivity index (χ3v) is 2.16. The van der Waals surface area contributed by atoms with Crippen molar-refractivity contribution in [3.05, 3.63) is 0 Å². The maximum absolute atomic E-state index is 10.6. The van der Waals surface area contributed by atoms with E-state index in [1.165, 1.54) is 0 Å². The Bertz CT molecular complexity index is 118. The predicted octanol–water partition coefficient (Wildman–Crippen LogP) is 0.798. The fourth-order valence-corrected chi connectivity index (χ4v) is 1.32. The Morgan fingerprint density at radius 3 is 2.30 bits per heavy atom. The maximum Gasteiger partial charge on any atom is 0.697 e. The third kappa shape index (κ3) is 2.71. The van der Waals surface area contributed by atoms with Crippen LogP contribution in [0.3, 0.4) is 0 Å². The lowest BCUT2D eigenvalue weighted by Gasteiger charge is -2.08. The average Bonchev–Trinajstić information content (AvgIpc) is 1.84. The summed E-state index contributed by atoms with van der Waals surface area (Å²) in [6, 6.07) is 0.128. The van der Waals surface area contributed by atoms with Gasteiger partial charge in [-0.25, -0.2) is 0 Å². The summed E-state index contributed by atoms with van der Waals surface area (Å²) in [4.78, 5) is 0. The number of hydrogen-bond acceptors (Lipinski definition) is 4. The zero-order chi connectivity index (χ0) is 7.40. The van der Waals surface area contributed by atoms with Gasteiger partial charge in [0, 0.05) is 10.6 Å². The molecule has 1 heterocycles. The van der Waals surface area contributed by atoms with Gasteiger partial charge in [0.15, 0.2) is 0 Å². The van der Waals surface area contributed by atoms with E-state index < -0.39 is 8.25 Å². The van der Waals surface area contributed by atoms with Gasteiger partial charge in [-0.2, -0.15) is 0 Å². The minimum absolute atomic E-state index is 0.128. The summed E-state index contributed by atoms with van der Waals surface area (Å²) in [5.74, 6) is 0. The van der Waals surface area contributed by atoms with E-state index in [4.69, 9.17) is 14.8 Å². The van der Waals surface area contributed by atoms with Crippen molar-refractivity contribution in [1.82, 2.24) is 0 Å². The van der Waals surface area contributed by atoms with E-state index in [-0.39, 0.29) is 6.04 Å². The molecule has 1 aliphatic rings. The molecule has 1 rings (SSSR count). The second-order valence-electron chi connectivity index (χ2n) is 2.23. The molecule has 1 saturated heterocycles. The SMILES string of the molecule is NC1CCO[P+](=O)OCC1. The van der Waals surface area contributed by atoms with Crippen molar-refractivity contribution in [2.45, 2.75) is 18.9 Å². The second-order valence-corrected chi connectivity index (χ2v) is 3.19. The van der Waals surface area contributed by atoms with Crippen molar-refractivity contribution < 1.29 is 13.6 Å². The maximum atomic E-state index is 10.6. The summed E-state index contributed by atoms with van der Waals surface area (Å²) >= 11 is 0. The van der Waals surface area contributed by atoms with Crippen molar-refractivity contribution in [3.8, 4) is 0 Å². The van der Waals surface area contributed by atoms with Crippen LogP contribution in [0.4, 0.5) is 0 Å². The summed E-state index contributed by atoms with van der Waals surface area (Å²) in [6.45, 7) is 0.882. The highest BCUT2D eigenvalue weighted by molar-refractivity contribution is 7.33. The molecule has 10 heavy (non-hydrogen) atoms. The van der Waals surface area contributed by atoms with E-state index in [0.29, 0.717) is 13.2 Å². The molecule has 0 aromatic rings. The Morgan fingerprint density at radius 2 is 1.80 bits per heavy atom. The topological polar surface area (TPSA) is 61.5 Å². The van der Waals surface area contributed by atoms with Gasteiger partial charge in [0.2, 0.25) is 0 Å². The van der Waals surface area contributed by atoms with Crippen LogP contribution in [0.1, 0.15) is 12.8 Å². The van der Waals surface area contributed by atoms with Gasteiger partial charge in [0.05, 0.1) is 0 Å². The van der Waals surface area contributed by atoms with Crippen molar-refractivity contribution >= 4 is 8.25 Å². The molecule has 0 aromatic heterocycles. The first-order chi connectivity index (χ1) is 4.79. The minimum Gasteiger partial charge on any atom is -0.328 e. The lowest BCUT2D eigenvalue weighted by Crippen LogP contribution is -2.24. The Kier molecular flexibility index (Phi) is 3.22. The molecule has 58 valence electrons. The van der Waals surface area contributed by atoms with Crippen LogP contribution in [0.5, 0.6) is 0 Å². The number of rotatable bonds is 0. The van der Waals surface area contributed by atoms with E-state index in [9.17, 15) is 4.57 Å². The van der Waals surface area contributed by atoms with Gasteiger partial charge in [-0.15, -0.1) is 9.05 Å². The Labute approximate surface area is 60.6 Å². The van der Waals surface area contributed by atoms with Crippen LogP contribution in [-0.2, 0) is 13.6 Å². The molecule has 0 unspecified atom stereocenters.